The quantitative estimate of drug-likeness (QED) is 0.935. The number of aliphatic hydroxyl groups is 1. The largest absolute Gasteiger partial charge is 0.493 e. The van der Waals surface area contributed by atoms with Gasteiger partial charge in [-0.25, -0.2) is 4.39 Å². The van der Waals surface area contributed by atoms with E-state index in [4.69, 9.17) is 16.3 Å². The van der Waals surface area contributed by atoms with Crippen LogP contribution in [-0.2, 0) is 12.8 Å². The Balaban J connectivity index is 1.86. The van der Waals surface area contributed by atoms with E-state index in [9.17, 15) is 9.50 Å². The minimum atomic E-state index is -0.706. The maximum atomic E-state index is 12.9. The van der Waals surface area contributed by atoms with Crippen LogP contribution in [0.5, 0.6) is 5.75 Å². The molecule has 2 aromatic rings. The number of aliphatic hydroxyl groups excluding tert-OH is 1. The maximum Gasteiger partial charge on any atom is 0.126 e. The van der Waals surface area contributed by atoms with Gasteiger partial charge in [0.25, 0.3) is 0 Å². The molecule has 0 saturated heterocycles. The van der Waals surface area contributed by atoms with Crippen LogP contribution in [0.1, 0.15) is 22.8 Å². The molecule has 0 radical (unpaired) electrons. The molecule has 1 aliphatic rings. The van der Waals surface area contributed by atoms with E-state index in [1.54, 1.807) is 12.1 Å². The number of hydrogen-bond acceptors (Lipinski definition) is 2. The van der Waals surface area contributed by atoms with Gasteiger partial charge < -0.3 is 9.84 Å². The normalized spacial score (nSPS) is 14.8. The molecule has 0 saturated carbocycles. The van der Waals surface area contributed by atoms with Crippen LogP contribution in [0.4, 0.5) is 4.39 Å². The molecule has 1 atom stereocenters. The number of halogens is 2. The predicted molar refractivity (Wildman–Crippen MR) is 75.7 cm³/mol. The van der Waals surface area contributed by atoms with E-state index in [1.165, 1.54) is 12.1 Å². The summed E-state index contributed by atoms with van der Waals surface area (Å²) in [6.07, 6.45) is 0.534. The molecule has 2 aromatic carbocycles. The van der Waals surface area contributed by atoms with Crippen molar-refractivity contribution in [3.8, 4) is 5.75 Å². The van der Waals surface area contributed by atoms with Crippen molar-refractivity contribution in [3.05, 3.63) is 63.9 Å². The van der Waals surface area contributed by atoms with Crippen molar-refractivity contribution in [2.75, 3.05) is 6.61 Å². The fourth-order valence-corrected chi connectivity index (χ4v) is 2.77. The summed E-state index contributed by atoms with van der Waals surface area (Å²) in [5.41, 5.74) is 2.65. The van der Waals surface area contributed by atoms with E-state index in [0.717, 1.165) is 23.3 Å². The molecule has 20 heavy (non-hydrogen) atoms. The summed E-state index contributed by atoms with van der Waals surface area (Å²) in [6, 6.07) is 9.59. The Bertz CT molecular complexity index is 625. The Morgan fingerprint density at radius 2 is 2.00 bits per heavy atom. The topological polar surface area (TPSA) is 29.5 Å². The summed E-state index contributed by atoms with van der Waals surface area (Å²) in [4.78, 5) is 0. The van der Waals surface area contributed by atoms with Crippen LogP contribution in [0.25, 0.3) is 0 Å². The lowest BCUT2D eigenvalue weighted by atomic mass is 9.99. The third-order valence-corrected chi connectivity index (χ3v) is 3.71. The lowest BCUT2D eigenvalue weighted by Gasteiger charge is -2.14. The Labute approximate surface area is 121 Å². The fourth-order valence-electron chi connectivity index (χ4n) is 2.51. The molecule has 0 bridgehead atoms. The molecule has 0 aromatic heterocycles. The smallest absolute Gasteiger partial charge is 0.126 e. The van der Waals surface area contributed by atoms with Crippen LogP contribution in [-0.4, -0.2) is 11.7 Å². The maximum absolute atomic E-state index is 12.9. The summed E-state index contributed by atoms with van der Waals surface area (Å²) in [7, 11) is 0. The Hall–Kier alpha value is -1.58. The van der Waals surface area contributed by atoms with Crippen LogP contribution < -0.4 is 4.74 Å². The third kappa shape index (κ3) is 2.65. The van der Waals surface area contributed by atoms with Crippen molar-refractivity contribution >= 4 is 11.6 Å². The van der Waals surface area contributed by atoms with Gasteiger partial charge in [0.1, 0.15) is 11.6 Å². The third-order valence-electron chi connectivity index (χ3n) is 3.49. The lowest BCUT2D eigenvalue weighted by molar-refractivity contribution is 0.177. The minimum Gasteiger partial charge on any atom is -0.493 e. The first-order valence-corrected chi connectivity index (χ1v) is 6.89. The molecule has 3 rings (SSSR count). The second-order valence-electron chi connectivity index (χ2n) is 4.92. The molecule has 0 spiro atoms. The highest BCUT2D eigenvalue weighted by Gasteiger charge is 2.20. The molecule has 4 heteroatoms. The highest BCUT2D eigenvalue weighted by molar-refractivity contribution is 6.30. The average Bonchev–Trinajstić information content (AvgIpc) is 2.87. The zero-order valence-electron chi connectivity index (χ0n) is 10.8. The van der Waals surface area contributed by atoms with Crippen LogP contribution in [0.2, 0.25) is 5.02 Å². The van der Waals surface area contributed by atoms with Gasteiger partial charge in [-0.3, -0.25) is 0 Å². The molecule has 0 fully saturated rings. The predicted octanol–water partition coefficient (Wildman–Crippen LogP) is 3.69. The molecule has 1 N–H and O–H groups in total. The molecule has 1 heterocycles. The monoisotopic (exact) mass is 292 g/mol. The van der Waals surface area contributed by atoms with Gasteiger partial charge in [-0.05, 0) is 41.0 Å². The molecular formula is C16H14ClFO2. The van der Waals surface area contributed by atoms with Crippen molar-refractivity contribution in [2.45, 2.75) is 18.9 Å². The van der Waals surface area contributed by atoms with E-state index in [1.807, 2.05) is 12.1 Å². The van der Waals surface area contributed by atoms with E-state index in [2.05, 4.69) is 0 Å². The number of ether oxygens (including phenoxy) is 1. The van der Waals surface area contributed by atoms with Crippen molar-refractivity contribution in [3.63, 3.8) is 0 Å². The highest BCUT2D eigenvalue weighted by atomic mass is 35.5. The highest BCUT2D eigenvalue weighted by Crippen LogP contribution is 2.35. The van der Waals surface area contributed by atoms with Crippen LogP contribution in [0, 0.1) is 5.82 Å². The summed E-state index contributed by atoms with van der Waals surface area (Å²) in [5.74, 6) is 0.517. The molecule has 104 valence electrons. The first-order chi connectivity index (χ1) is 9.63. The van der Waals surface area contributed by atoms with Crippen molar-refractivity contribution < 1.29 is 14.2 Å². The standard InChI is InChI=1S/C16H14ClFO2/c17-13-7-11-5-6-20-16(11)12(8-13)9-15(19)10-1-3-14(18)4-2-10/h1-4,7-8,15,19H,5-6,9H2. The van der Waals surface area contributed by atoms with Crippen LogP contribution in [0.3, 0.4) is 0 Å². The van der Waals surface area contributed by atoms with Crippen LogP contribution >= 0.6 is 11.6 Å². The minimum absolute atomic E-state index is 0.312. The zero-order valence-corrected chi connectivity index (χ0v) is 11.5. The van der Waals surface area contributed by atoms with Gasteiger partial charge in [0, 0.05) is 17.9 Å². The second-order valence-corrected chi connectivity index (χ2v) is 5.36. The molecule has 1 unspecified atom stereocenters. The lowest BCUT2D eigenvalue weighted by Crippen LogP contribution is -2.03. The Morgan fingerprint density at radius 1 is 1.25 bits per heavy atom. The van der Waals surface area contributed by atoms with Crippen LogP contribution in [0.15, 0.2) is 36.4 Å². The average molecular weight is 293 g/mol. The van der Waals surface area contributed by atoms with Gasteiger partial charge in [0.2, 0.25) is 0 Å². The van der Waals surface area contributed by atoms with E-state index >= 15 is 0 Å². The Kier molecular flexibility index (Phi) is 3.64. The summed E-state index contributed by atoms with van der Waals surface area (Å²) < 4.78 is 18.5. The summed E-state index contributed by atoms with van der Waals surface area (Å²) >= 11 is 6.09. The van der Waals surface area contributed by atoms with Gasteiger partial charge in [-0.2, -0.15) is 0 Å². The van der Waals surface area contributed by atoms with E-state index in [-0.39, 0.29) is 5.82 Å². The van der Waals surface area contributed by atoms with Gasteiger partial charge in [0.05, 0.1) is 12.7 Å². The number of fused-ring (bicyclic) bond motifs is 1. The van der Waals surface area contributed by atoms with E-state index < -0.39 is 6.10 Å². The van der Waals surface area contributed by atoms with Gasteiger partial charge >= 0.3 is 0 Å². The van der Waals surface area contributed by atoms with Crippen molar-refractivity contribution in [2.24, 2.45) is 0 Å². The first kappa shape index (κ1) is 13.4. The molecule has 0 aliphatic carbocycles. The fraction of sp³-hybridized carbons (Fsp3) is 0.250. The number of rotatable bonds is 3. The molecule has 0 amide bonds. The van der Waals surface area contributed by atoms with Crippen molar-refractivity contribution in [1.29, 1.82) is 0 Å². The number of benzene rings is 2. The summed E-state index contributed by atoms with van der Waals surface area (Å²) in [6.45, 7) is 0.648. The van der Waals surface area contributed by atoms with E-state index in [0.29, 0.717) is 23.6 Å². The molecule has 1 aliphatic heterocycles. The second kappa shape index (κ2) is 5.43. The number of hydrogen-bond donors (Lipinski definition) is 1. The van der Waals surface area contributed by atoms with Gasteiger partial charge in [0.15, 0.2) is 0 Å². The van der Waals surface area contributed by atoms with Gasteiger partial charge in [-0.1, -0.05) is 23.7 Å². The molecular weight excluding hydrogens is 279 g/mol. The molecule has 2 nitrogen and oxygen atoms in total. The summed E-state index contributed by atoms with van der Waals surface area (Å²) in [5, 5.41) is 10.9. The Morgan fingerprint density at radius 3 is 2.75 bits per heavy atom. The van der Waals surface area contributed by atoms with Gasteiger partial charge in [-0.15, -0.1) is 0 Å². The SMILES string of the molecule is OC(Cc1cc(Cl)cc2c1OCC2)c1ccc(F)cc1. The first-order valence-electron chi connectivity index (χ1n) is 6.51. The zero-order chi connectivity index (χ0) is 14.1. The van der Waals surface area contributed by atoms with Crippen molar-refractivity contribution in [1.82, 2.24) is 0 Å².